The number of anilines is 1. The predicted molar refractivity (Wildman–Crippen MR) is 139 cm³/mol. The summed E-state index contributed by atoms with van der Waals surface area (Å²) < 4.78 is 0. The van der Waals surface area contributed by atoms with E-state index in [1.165, 1.54) is 24.2 Å². The highest BCUT2D eigenvalue weighted by Crippen LogP contribution is 2.22. The van der Waals surface area contributed by atoms with Crippen molar-refractivity contribution >= 4 is 11.4 Å². The van der Waals surface area contributed by atoms with Gasteiger partial charge in [-0.3, -0.25) is 19.9 Å². The van der Waals surface area contributed by atoms with Gasteiger partial charge < -0.3 is 15.5 Å². The van der Waals surface area contributed by atoms with Crippen molar-refractivity contribution in [3.63, 3.8) is 0 Å². The van der Waals surface area contributed by atoms with E-state index >= 15 is 0 Å². The summed E-state index contributed by atoms with van der Waals surface area (Å²) in [6.07, 6.45) is 0. The van der Waals surface area contributed by atoms with Crippen LogP contribution >= 0.6 is 0 Å². The van der Waals surface area contributed by atoms with Crippen LogP contribution in [0.15, 0.2) is 36.4 Å². The molecule has 0 amide bonds. The molecule has 2 N–H and O–H groups in total. The zero-order chi connectivity index (χ0) is 24.7. The van der Waals surface area contributed by atoms with Crippen LogP contribution in [0.3, 0.4) is 0 Å². The van der Waals surface area contributed by atoms with E-state index in [4.69, 9.17) is 5.73 Å². The Hall–Kier alpha value is -2.52. The molecule has 4 rings (SSSR count). The third kappa shape index (κ3) is 7.24. The number of benzene rings is 2. The lowest BCUT2D eigenvalue weighted by Gasteiger charge is -2.32. The summed E-state index contributed by atoms with van der Waals surface area (Å²) in [5, 5.41) is 10.9. The molecule has 0 atom stereocenters. The topological polar surface area (TPSA) is 82.1 Å². The summed E-state index contributed by atoms with van der Waals surface area (Å²) in [7, 11) is 4.30. The highest BCUT2D eigenvalue weighted by atomic mass is 16.6. The van der Waals surface area contributed by atoms with E-state index in [-0.39, 0.29) is 10.6 Å². The fourth-order valence-electron chi connectivity index (χ4n) is 4.41. The Balaban J connectivity index is 0.000000192. The van der Waals surface area contributed by atoms with Crippen LogP contribution < -0.4 is 5.73 Å². The van der Waals surface area contributed by atoms with Gasteiger partial charge in [-0.2, -0.15) is 0 Å². The number of hydrogen-bond donors (Lipinski definition) is 1. The molecule has 2 heterocycles. The standard InChI is InChI=1S/C13H19N3O2.C13H21N3/c1-11-12(4-3-5-13(11)16(17)18)10-15-8-6-14(2)7-9-15;1-11-12(4-3-5-13(11)14)10-16-8-6-15(2)7-9-16/h3-5H,6-10H2,1-2H3;3-5H,6-10,14H2,1-2H3. The highest BCUT2D eigenvalue weighted by molar-refractivity contribution is 5.50. The average Bonchev–Trinajstić information content (AvgIpc) is 2.81. The van der Waals surface area contributed by atoms with Crippen molar-refractivity contribution in [1.29, 1.82) is 0 Å². The first kappa shape index (κ1) is 26.1. The van der Waals surface area contributed by atoms with Gasteiger partial charge in [0.25, 0.3) is 5.69 Å². The number of piperazine rings is 2. The van der Waals surface area contributed by atoms with E-state index < -0.39 is 0 Å². The molecule has 34 heavy (non-hydrogen) atoms. The van der Waals surface area contributed by atoms with Crippen molar-refractivity contribution < 1.29 is 4.92 Å². The Labute approximate surface area is 204 Å². The third-order valence-corrected chi connectivity index (χ3v) is 7.08. The average molecular weight is 469 g/mol. The predicted octanol–water partition coefficient (Wildman–Crippen LogP) is 2.98. The molecule has 2 fully saturated rings. The smallest absolute Gasteiger partial charge is 0.272 e. The molecule has 2 aliphatic heterocycles. The minimum Gasteiger partial charge on any atom is -0.399 e. The second kappa shape index (κ2) is 12.3. The van der Waals surface area contributed by atoms with Crippen LogP contribution in [0.4, 0.5) is 11.4 Å². The number of nitrogen functional groups attached to an aromatic ring is 1. The monoisotopic (exact) mass is 468 g/mol. The van der Waals surface area contributed by atoms with E-state index in [0.717, 1.165) is 69.2 Å². The van der Waals surface area contributed by atoms with E-state index in [0.29, 0.717) is 0 Å². The maximum atomic E-state index is 10.9. The van der Waals surface area contributed by atoms with Crippen molar-refractivity contribution in [3.05, 3.63) is 68.8 Å². The molecule has 8 nitrogen and oxygen atoms in total. The lowest BCUT2D eigenvalue weighted by atomic mass is 10.1. The minimum absolute atomic E-state index is 0.224. The Kier molecular flexibility index (Phi) is 9.41. The van der Waals surface area contributed by atoms with Crippen molar-refractivity contribution in [2.75, 3.05) is 72.2 Å². The van der Waals surface area contributed by atoms with Crippen LogP contribution in [0.5, 0.6) is 0 Å². The zero-order valence-corrected chi connectivity index (χ0v) is 21.2. The van der Waals surface area contributed by atoms with Crippen LogP contribution in [0.2, 0.25) is 0 Å². The first-order chi connectivity index (χ1) is 16.2. The Morgan fingerprint density at radius 3 is 1.68 bits per heavy atom. The van der Waals surface area contributed by atoms with E-state index in [1.54, 1.807) is 12.1 Å². The van der Waals surface area contributed by atoms with Crippen molar-refractivity contribution in [2.45, 2.75) is 26.9 Å². The van der Waals surface area contributed by atoms with Crippen LogP contribution in [-0.4, -0.2) is 91.0 Å². The molecule has 2 aliphatic rings. The Morgan fingerprint density at radius 1 is 0.765 bits per heavy atom. The molecule has 0 aliphatic carbocycles. The SMILES string of the molecule is Cc1c(CN2CCN(C)CC2)cccc1[N+](=O)[O-].Cc1c(N)cccc1CN1CCN(C)CC1. The van der Waals surface area contributed by atoms with E-state index in [9.17, 15) is 10.1 Å². The lowest BCUT2D eigenvalue weighted by Crippen LogP contribution is -2.43. The quantitative estimate of drug-likeness (QED) is 0.410. The van der Waals surface area contributed by atoms with Gasteiger partial charge in [0.2, 0.25) is 0 Å². The fourth-order valence-corrected chi connectivity index (χ4v) is 4.41. The maximum absolute atomic E-state index is 10.9. The highest BCUT2D eigenvalue weighted by Gasteiger charge is 2.18. The first-order valence-electron chi connectivity index (χ1n) is 12.1. The number of nitro benzene ring substituents is 1. The third-order valence-electron chi connectivity index (χ3n) is 7.08. The molecule has 0 saturated carbocycles. The molecule has 0 bridgehead atoms. The van der Waals surface area contributed by atoms with Gasteiger partial charge in [-0.05, 0) is 50.7 Å². The molecule has 0 spiro atoms. The van der Waals surface area contributed by atoms with Gasteiger partial charge >= 0.3 is 0 Å². The summed E-state index contributed by atoms with van der Waals surface area (Å²) in [6, 6.07) is 11.5. The Morgan fingerprint density at radius 2 is 1.21 bits per heavy atom. The summed E-state index contributed by atoms with van der Waals surface area (Å²) in [5.41, 5.74) is 11.5. The minimum atomic E-state index is -0.303. The van der Waals surface area contributed by atoms with Crippen molar-refractivity contribution in [1.82, 2.24) is 19.6 Å². The van der Waals surface area contributed by atoms with Gasteiger partial charge in [0.1, 0.15) is 0 Å². The summed E-state index contributed by atoms with van der Waals surface area (Å²) in [6.45, 7) is 14.6. The molecule has 0 unspecified atom stereocenters. The molecule has 2 aromatic carbocycles. The summed E-state index contributed by atoms with van der Waals surface area (Å²) in [4.78, 5) is 20.1. The largest absolute Gasteiger partial charge is 0.399 e. The number of nitrogens with two attached hydrogens (primary N) is 1. The second-order valence-electron chi connectivity index (χ2n) is 9.61. The van der Waals surface area contributed by atoms with Gasteiger partial charge in [0, 0.05) is 82.8 Å². The number of rotatable bonds is 5. The molecule has 8 heteroatoms. The summed E-state index contributed by atoms with van der Waals surface area (Å²) >= 11 is 0. The lowest BCUT2D eigenvalue weighted by molar-refractivity contribution is -0.385. The molecule has 0 aromatic heterocycles. The normalized spacial score (nSPS) is 18.4. The second-order valence-corrected chi connectivity index (χ2v) is 9.61. The number of hydrogen-bond acceptors (Lipinski definition) is 7. The number of likely N-dealkylation sites (N-methyl/N-ethyl adjacent to an activating group) is 2. The van der Waals surface area contributed by atoms with Gasteiger partial charge in [0.05, 0.1) is 4.92 Å². The van der Waals surface area contributed by atoms with Gasteiger partial charge in [0.15, 0.2) is 0 Å². The maximum Gasteiger partial charge on any atom is 0.272 e. The van der Waals surface area contributed by atoms with E-state index in [1.807, 2.05) is 25.1 Å². The number of nitrogens with zero attached hydrogens (tertiary/aromatic N) is 5. The van der Waals surface area contributed by atoms with Gasteiger partial charge in [-0.1, -0.05) is 24.3 Å². The van der Waals surface area contributed by atoms with Crippen molar-refractivity contribution in [2.24, 2.45) is 0 Å². The number of nitro groups is 1. The van der Waals surface area contributed by atoms with Gasteiger partial charge in [-0.25, -0.2) is 0 Å². The molecule has 186 valence electrons. The molecular weight excluding hydrogens is 428 g/mol. The molecular formula is C26H40N6O2. The molecule has 2 aromatic rings. The molecule has 2 saturated heterocycles. The zero-order valence-electron chi connectivity index (χ0n) is 21.2. The Bertz CT molecular complexity index is 950. The van der Waals surface area contributed by atoms with E-state index in [2.05, 4.69) is 46.7 Å². The van der Waals surface area contributed by atoms with Crippen molar-refractivity contribution in [3.8, 4) is 0 Å². The van der Waals surface area contributed by atoms with Crippen LogP contribution in [-0.2, 0) is 13.1 Å². The first-order valence-corrected chi connectivity index (χ1v) is 12.1. The van der Waals surface area contributed by atoms with Crippen LogP contribution in [0.1, 0.15) is 22.3 Å². The fraction of sp³-hybridized carbons (Fsp3) is 0.538. The molecule has 0 radical (unpaired) electrons. The van der Waals surface area contributed by atoms with Gasteiger partial charge in [-0.15, -0.1) is 0 Å². The summed E-state index contributed by atoms with van der Waals surface area (Å²) in [5.74, 6) is 0. The van der Waals surface area contributed by atoms with Crippen LogP contribution in [0, 0.1) is 24.0 Å². The van der Waals surface area contributed by atoms with Crippen LogP contribution in [0.25, 0.3) is 0 Å².